The first-order valence-electron chi connectivity index (χ1n) is 5.54. The highest BCUT2D eigenvalue weighted by molar-refractivity contribution is 5.74. The maximum atomic E-state index is 12.0. The summed E-state index contributed by atoms with van der Waals surface area (Å²) in [5.41, 5.74) is 0. The van der Waals surface area contributed by atoms with Gasteiger partial charge in [0.1, 0.15) is 0 Å². The number of amides is 2. The van der Waals surface area contributed by atoms with Gasteiger partial charge >= 0.3 is 6.03 Å². The van der Waals surface area contributed by atoms with Crippen LogP contribution in [-0.2, 0) is 0 Å². The van der Waals surface area contributed by atoms with Crippen molar-refractivity contribution in [1.82, 2.24) is 15.1 Å². The highest BCUT2D eigenvalue weighted by atomic mass is 16.2. The molecule has 2 fully saturated rings. The van der Waals surface area contributed by atoms with Gasteiger partial charge in [-0.05, 0) is 19.8 Å². The monoisotopic (exact) mass is 197 g/mol. The molecule has 0 radical (unpaired) electrons. The average Bonchev–Trinajstić information content (AvgIpc) is 2.69. The van der Waals surface area contributed by atoms with E-state index in [4.69, 9.17) is 0 Å². The smallest absolute Gasteiger partial charge is 0.320 e. The maximum absolute atomic E-state index is 12.0. The lowest BCUT2D eigenvalue weighted by Crippen LogP contribution is -2.54. The predicted octanol–water partition coefficient (Wildman–Crippen LogP) is 0.496. The summed E-state index contributed by atoms with van der Waals surface area (Å²) in [6.45, 7) is 6.69. The maximum Gasteiger partial charge on any atom is 0.320 e. The first-order valence-corrected chi connectivity index (χ1v) is 5.54. The molecule has 0 aliphatic carbocycles. The van der Waals surface area contributed by atoms with Gasteiger partial charge in [-0.3, -0.25) is 0 Å². The SMILES string of the molecule is CC1CN(C(=O)N2CCCC2)CCN1. The number of carbonyl (C=O) groups excluding carboxylic acids is 1. The lowest BCUT2D eigenvalue weighted by Gasteiger charge is -2.34. The van der Waals surface area contributed by atoms with Crippen LogP contribution in [0.3, 0.4) is 0 Å². The van der Waals surface area contributed by atoms with Crippen LogP contribution < -0.4 is 5.32 Å². The fraction of sp³-hybridized carbons (Fsp3) is 0.900. The quantitative estimate of drug-likeness (QED) is 0.613. The molecule has 0 aromatic heterocycles. The summed E-state index contributed by atoms with van der Waals surface area (Å²) < 4.78 is 0. The summed E-state index contributed by atoms with van der Waals surface area (Å²) in [6.07, 6.45) is 2.35. The molecule has 2 aliphatic heterocycles. The van der Waals surface area contributed by atoms with E-state index < -0.39 is 0 Å². The van der Waals surface area contributed by atoms with Crippen LogP contribution in [0.2, 0.25) is 0 Å². The van der Waals surface area contributed by atoms with Gasteiger partial charge in [-0.15, -0.1) is 0 Å². The summed E-state index contributed by atoms with van der Waals surface area (Å²) in [4.78, 5) is 15.9. The van der Waals surface area contributed by atoms with Crippen LogP contribution >= 0.6 is 0 Å². The predicted molar refractivity (Wildman–Crippen MR) is 55.2 cm³/mol. The Morgan fingerprint density at radius 3 is 2.57 bits per heavy atom. The number of piperazine rings is 1. The lowest BCUT2D eigenvalue weighted by molar-refractivity contribution is 0.147. The molecule has 1 atom stereocenters. The number of likely N-dealkylation sites (tertiary alicyclic amines) is 1. The second kappa shape index (κ2) is 4.17. The van der Waals surface area contributed by atoms with Crippen molar-refractivity contribution in [2.45, 2.75) is 25.8 Å². The molecule has 0 aromatic carbocycles. The van der Waals surface area contributed by atoms with Gasteiger partial charge in [0, 0.05) is 38.8 Å². The zero-order valence-corrected chi connectivity index (χ0v) is 8.83. The zero-order valence-electron chi connectivity index (χ0n) is 8.83. The Bertz CT molecular complexity index is 213. The van der Waals surface area contributed by atoms with Crippen molar-refractivity contribution in [3.63, 3.8) is 0 Å². The van der Waals surface area contributed by atoms with Gasteiger partial charge in [0.2, 0.25) is 0 Å². The molecule has 0 saturated carbocycles. The molecule has 0 spiro atoms. The molecule has 2 rings (SSSR count). The number of nitrogens with one attached hydrogen (secondary N) is 1. The van der Waals surface area contributed by atoms with Gasteiger partial charge in [-0.25, -0.2) is 4.79 Å². The van der Waals surface area contributed by atoms with Crippen LogP contribution in [-0.4, -0.2) is 54.6 Å². The molecule has 14 heavy (non-hydrogen) atoms. The second-order valence-corrected chi connectivity index (χ2v) is 4.28. The van der Waals surface area contributed by atoms with E-state index in [0.717, 1.165) is 32.7 Å². The van der Waals surface area contributed by atoms with Crippen LogP contribution in [0.5, 0.6) is 0 Å². The zero-order chi connectivity index (χ0) is 9.97. The van der Waals surface area contributed by atoms with Crippen LogP contribution in [0.1, 0.15) is 19.8 Å². The second-order valence-electron chi connectivity index (χ2n) is 4.28. The molecule has 2 aliphatic rings. The third-order valence-electron chi connectivity index (χ3n) is 3.02. The first kappa shape index (κ1) is 9.77. The van der Waals surface area contributed by atoms with Gasteiger partial charge < -0.3 is 15.1 Å². The minimum absolute atomic E-state index is 0.246. The number of rotatable bonds is 0. The van der Waals surface area contributed by atoms with Crippen molar-refractivity contribution in [3.05, 3.63) is 0 Å². The van der Waals surface area contributed by atoms with Crippen molar-refractivity contribution < 1.29 is 4.79 Å². The highest BCUT2D eigenvalue weighted by Crippen LogP contribution is 2.11. The summed E-state index contributed by atoms with van der Waals surface area (Å²) in [6, 6.07) is 0.686. The Balaban J connectivity index is 1.89. The minimum atomic E-state index is 0.246. The van der Waals surface area contributed by atoms with Gasteiger partial charge in [-0.2, -0.15) is 0 Å². The Kier molecular flexibility index (Phi) is 2.91. The van der Waals surface area contributed by atoms with Gasteiger partial charge in [-0.1, -0.05) is 0 Å². The molecule has 4 nitrogen and oxygen atoms in total. The average molecular weight is 197 g/mol. The summed E-state index contributed by atoms with van der Waals surface area (Å²) in [7, 11) is 0. The molecule has 2 saturated heterocycles. The van der Waals surface area contributed by atoms with Gasteiger partial charge in [0.15, 0.2) is 0 Å². The summed E-state index contributed by atoms with van der Waals surface area (Å²) in [5, 5.41) is 3.34. The topological polar surface area (TPSA) is 35.6 Å². The Hall–Kier alpha value is -0.770. The van der Waals surface area contributed by atoms with E-state index in [2.05, 4.69) is 12.2 Å². The number of hydrogen-bond acceptors (Lipinski definition) is 2. The van der Waals surface area contributed by atoms with E-state index in [0.29, 0.717) is 6.04 Å². The Labute approximate surface area is 85.2 Å². The van der Waals surface area contributed by atoms with E-state index in [-0.39, 0.29) is 6.03 Å². The number of urea groups is 1. The fourth-order valence-corrected chi connectivity index (χ4v) is 2.21. The standard InChI is InChI=1S/C10H19N3O/c1-9-8-13(7-4-11-9)10(14)12-5-2-3-6-12/h9,11H,2-8H2,1H3. The van der Waals surface area contributed by atoms with Crippen molar-refractivity contribution >= 4 is 6.03 Å². The van der Waals surface area contributed by atoms with E-state index in [1.807, 2.05) is 9.80 Å². The molecule has 4 heteroatoms. The normalized spacial score (nSPS) is 28.2. The van der Waals surface area contributed by atoms with Crippen molar-refractivity contribution in [3.8, 4) is 0 Å². The lowest BCUT2D eigenvalue weighted by atomic mass is 10.2. The first-order chi connectivity index (χ1) is 6.77. The van der Waals surface area contributed by atoms with Crippen LogP contribution in [0.4, 0.5) is 4.79 Å². The Morgan fingerprint density at radius 2 is 1.93 bits per heavy atom. The summed E-state index contributed by atoms with van der Waals surface area (Å²) >= 11 is 0. The molecule has 80 valence electrons. The van der Waals surface area contributed by atoms with E-state index in [1.165, 1.54) is 12.8 Å². The number of carbonyl (C=O) groups is 1. The molecule has 0 bridgehead atoms. The largest absolute Gasteiger partial charge is 0.325 e. The number of nitrogens with zero attached hydrogens (tertiary/aromatic N) is 2. The van der Waals surface area contributed by atoms with Gasteiger partial charge in [0.25, 0.3) is 0 Å². The van der Waals surface area contributed by atoms with E-state index in [9.17, 15) is 4.79 Å². The fourth-order valence-electron chi connectivity index (χ4n) is 2.21. The molecule has 0 aromatic rings. The molecule has 2 amide bonds. The minimum Gasteiger partial charge on any atom is -0.325 e. The molecule has 1 unspecified atom stereocenters. The van der Waals surface area contributed by atoms with Crippen LogP contribution in [0, 0.1) is 0 Å². The van der Waals surface area contributed by atoms with Crippen molar-refractivity contribution in [2.24, 2.45) is 0 Å². The van der Waals surface area contributed by atoms with Crippen LogP contribution in [0.15, 0.2) is 0 Å². The van der Waals surface area contributed by atoms with E-state index in [1.54, 1.807) is 0 Å². The van der Waals surface area contributed by atoms with Crippen molar-refractivity contribution in [1.29, 1.82) is 0 Å². The highest BCUT2D eigenvalue weighted by Gasteiger charge is 2.26. The molecule has 2 heterocycles. The molecular formula is C10H19N3O. The third-order valence-corrected chi connectivity index (χ3v) is 3.02. The number of hydrogen-bond donors (Lipinski definition) is 1. The molecule has 1 N–H and O–H groups in total. The van der Waals surface area contributed by atoms with E-state index >= 15 is 0 Å². The molecular weight excluding hydrogens is 178 g/mol. The Morgan fingerprint density at radius 1 is 1.21 bits per heavy atom. The van der Waals surface area contributed by atoms with Gasteiger partial charge in [0.05, 0.1) is 0 Å². The van der Waals surface area contributed by atoms with Crippen LogP contribution in [0.25, 0.3) is 0 Å². The summed E-state index contributed by atoms with van der Waals surface area (Å²) in [5.74, 6) is 0. The van der Waals surface area contributed by atoms with Crippen molar-refractivity contribution in [2.75, 3.05) is 32.7 Å². The third kappa shape index (κ3) is 2.00.